The van der Waals surface area contributed by atoms with Crippen LogP contribution in [0.1, 0.15) is 20.8 Å². The molecule has 0 radical (unpaired) electrons. The van der Waals surface area contributed by atoms with Gasteiger partial charge in [0.25, 0.3) is 0 Å². The maximum absolute atomic E-state index is 11.3. The summed E-state index contributed by atoms with van der Waals surface area (Å²) in [5.74, 6) is -0.170. The van der Waals surface area contributed by atoms with E-state index in [2.05, 4.69) is 16.0 Å². The molecule has 0 fully saturated rings. The van der Waals surface area contributed by atoms with Crippen molar-refractivity contribution >= 4 is 11.9 Å². The Morgan fingerprint density at radius 1 is 1.50 bits per heavy atom. The van der Waals surface area contributed by atoms with Gasteiger partial charge in [-0.2, -0.15) is 0 Å². The Hall–Kier alpha value is -1.52. The summed E-state index contributed by atoms with van der Waals surface area (Å²) in [6, 6.07) is -0.291. The van der Waals surface area contributed by atoms with Gasteiger partial charge in [-0.25, -0.2) is 4.79 Å². The van der Waals surface area contributed by atoms with Crippen LogP contribution >= 0.6 is 0 Å². The number of hydrogen-bond acceptors (Lipinski definition) is 2. The van der Waals surface area contributed by atoms with E-state index in [1.165, 1.54) is 6.08 Å². The van der Waals surface area contributed by atoms with Gasteiger partial charge >= 0.3 is 6.03 Å². The first kappa shape index (κ1) is 10.6. The topological polar surface area (TPSA) is 70.2 Å². The third-order valence-electron chi connectivity index (χ3n) is 1.52. The molecule has 14 heavy (non-hydrogen) atoms. The SMILES string of the molecule is CC(C)(C)NC(=O)NC1=CC(=O)NC1. The predicted molar refractivity (Wildman–Crippen MR) is 52.5 cm³/mol. The van der Waals surface area contributed by atoms with Crippen LogP contribution in [0.2, 0.25) is 0 Å². The fourth-order valence-electron chi connectivity index (χ4n) is 1.04. The zero-order valence-corrected chi connectivity index (χ0v) is 8.60. The highest BCUT2D eigenvalue weighted by molar-refractivity contribution is 5.92. The van der Waals surface area contributed by atoms with E-state index >= 15 is 0 Å². The Morgan fingerprint density at radius 3 is 2.57 bits per heavy atom. The van der Waals surface area contributed by atoms with E-state index < -0.39 is 0 Å². The number of carbonyl (C=O) groups excluding carboxylic acids is 2. The normalized spacial score (nSPS) is 15.9. The van der Waals surface area contributed by atoms with Gasteiger partial charge in [-0.15, -0.1) is 0 Å². The van der Waals surface area contributed by atoms with Crippen LogP contribution < -0.4 is 16.0 Å². The predicted octanol–water partition coefficient (Wildman–Crippen LogP) is 0.0978. The quantitative estimate of drug-likeness (QED) is 0.558. The van der Waals surface area contributed by atoms with Gasteiger partial charge in [0.05, 0.1) is 6.54 Å². The van der Waals surface area contributed by atoms with Crippen LogP contribution in [0.25, 0.3) is 0 Å². The second kappa shape index (κ2) is 3.69. The van der Waals surface area contributed by atoms with Crippen molar-refractivity contribution in [3.8, 4) is 0 Å². The number of rotatable bonds is 1. The van der Waals surface area contributed by atoms with Gasteiger partial charge in [0.2, 0.25) is 5.91 Å². The highest BCUT2D eigenvalue weighted by Crippen LogP contribution is 1.99. The third kappa shape index (κ3) is 3.47. The standard InChI is InChI=1S/C9H15N3O2/c1-9(2,3)12-8(14)11-6-4-7(13)10-5-6/h4H,5H2,1-3H3,(H,10,13)(H2,11,12,14). The van der Waals surface area contributed by atoms with Crippen molar-refractivity contribution in [1.29, 1.82) is 0 Å². The minimum absolute atomic E-state index is 0.170. The van der Waals surface area contributed by atoms with Gasteiger partial charge in [0.15, 0.2) is 0 Å². The van der Waals surface area contributed by atoms with Crippen LogP contribution in [0.15, 0.2) is 11.8 Å². The highest BCUT2D eigenvalue weighted by Gasteiger charge is 2.16. The molecule has 1 heterocycles. The number of hydrogen-bond donors (Lipinski definition) is 3. The van der Waals surface area contributed by atoms with E-state index in [0.717, 1.165) is 0 Å². The summed E-state index contributed by atoms with van der Waals surface area (Å²) in [5.41, 5.74) is 0.317. The molecule has 0 aromatic heterocycles. The molecule has 1 aliphatic rings. The Bertz CT molecular complexity index is 289. The lowest BCUT2D eigenvalue weighted by Gasteiger charge is -2.20. The van der Waals surface area contributed by atoms with Gasteiger partial charge in [0.1, 0.15) is 0 Å². The van der Waals surface area contributed by atoms with Gasteiger partial charge in [-0.1, -0.05) is 0 Å². The molecular weight excluding hydrogens is 182 g/mol. The van der Waals surface area contributed by atoms with Crippen LogP contribution in [0, 0.1) is 0 Å². The van der Waals surface area contributed by atoms with Crippen molar-refractivity contribution in [2.45, 2.75) is 26.3 Å². The average Bonchev–Trinajstić information content (AvgIpc) is 2.30. The molecule has 5 heteroatoms. The van der Waals surface area contributed by atoms with Crippen molar-refractivity contribution < 1.29 is 9.59 Å². The molecule has 0 saturated heterocycles. The minimum atomic E-state index is -0.291. The summed E-state index contributed by atoms with van der Waals surface area (Å²) in [7, 11) is 0. The van der Waals surface area contributed by atoms with Crippen molar-refractivity contribution in [3.05, 3.63) is 11.8 Å². The molecule has 3 N–H and O–H groups in total. The molecule has 0 unspecified atom stereocenters. The summed E-state index contributed by atoms with van der Waals surface area (Å²) in [6.45, 7) is 6.05. The van der Waals surface area contributed by atoms with E-state index in [9.17, 15) is 9.59 Å². The van der Waals surface area contributed by atoms with E-state index in [1.54, 1.807) is 0 Å². The number of amides is 3. The molecule has 1 aliphatic heterocycles. The molecule has 1 rings (SSSR count). The van der Waals surface area contributed by atoms with Crippen LogP contribution in [0.5, 0.6) is 0 Å². The smallest absolute Gasteiger partial charge is 0.319 e. The molecule has 0 aliphatic carbocycles. The fraction of sp³-hybridized carbons (Fsp3) is 0.556. The fourth-order valence-corrected chi connectivity index (χ4v) is 1.04. The van der Waals surface area contributed by atoms with Crippen molar-refractivity contribution in [1.82, 2.24) is 16.0 Å². The molecular formula is C9H15N3O2. The summed E-state index contributed by atoms with van der Waals surface area (Å²) in [5, 5.41) is 7.89. The molecule has 0 saturated carbocycles. The number of carbonyl (C=O) groups is 2. The number of nitrogens with one attached hydrogen (secondary N) is 3. The first-order chi connectivity index (χ1) is 6.37. The lowest BCUT2D eigenvalue weighted by Crippen LogP contribution is -2.46. The highest BCUT2D eigenvalue weighted by atomic mass is 16.2. The average molecular weight is 197 g/mol. The van der Waals surface area contributed by atoms with Crippen molar-refractivity contribution in [2.24, 2.45) is 0 Å². The molecule has 0 spiro atoms. The van der Waals surface area contributed by atoms with E-state index in [0.29, 0.717) is 12.2 Å². The second-order valence-electron chi connectivity index (χ2n) is 4.22. The monoisotopic (exact) mass is 197 g/mol. The largest absolute Gasteiger partial charge is 0.347 e. The maximum atomic E-state index is 11.3. The molecule has 0 aromatic carbocycles. The summed E-state index contributed by atoms with van der Waals surface area (Å²) < 4.78 is 0. The Morgan fingerprint density at radius 2 is 2.14 bits per heavy atom. The van der Waals surface area contributed by atoms with E-state index in [-0.39, 0.29) is 17.5 Å². The van der Waals surface area contributed by atoms with Crippen molar-refractivity contribution in [2.75, 3.05) is 6.54 Å². The first-order valence-electron chi connectivity index (χ1n) is 4.44. The van der Waals surface area contributed by atoms with Crippen LogP contribution in [-0.2, 0) is 4.79 Å². The Labute approximate surface area is 82.9 Å². The summed E-state index contributed by atoms with van der Waals surface area (Å²) >= 11 is 0. The van der Waals surface area contributed by atoms with Crippen LogP contribution in [-0.4, -0.2) is 24.0 Å². The first-order valence-corrected chi connectivity index (χ1v) is 4.44. The van der Waals surface area contributed by atoms with Crippen LogP contribution in [0.4, 0.5) is 4.79 Å². The van der Waals surface area contributed by atoms with Gasteiger partial charge in [-0.3, -0.25) is 4.79 Å². The third-order valence-corrected chi connectivity index (χ3v) is 1.52. The molecule has 0 aromatic rings. The summed E-state index contributed by atoms with van der Waals surface area (Å²) in [4.78, 5) is 22.1. The zero-order chi connectivity index (χ0) is 10.8. The maximum Gasteiger partial charge on any atom is 0.319 e. The van der Waals surface area contributed by atoms with Gasteiger partial charge in [0, 0.05) is 17.3 Å². The molecule has 0 bridgehead atoms. The lowest BCUT2D eigenvalue weighted by atomic mass is 10.1. The Kier molecular flexibility index (Phi) is 2.78. The molecule has 5 nitrogen and oxygen atoms in total. The minimum Gasteiger partial charge on any atom is -0.347 e. The second-order valence-corrected chi connectivity index (χ2v) is 4.22. The summed E-state index contributed by atoms with van der Waals surface area (Å²) in [6.07, 6.45) is 1.38. The van der Waals surface area contributed by atoms with Gasteiger partial charge < -0.3 is 16.0 Å². The van der Waals surface area contributed by atoms with Crippen LogP contribution in [0.3, 0.4) is 0 Å². The molecule has 78 valence electrons. The van der Waals surface area contributed by atoms with E-state index in [1.807, 2.05) is 20.8 Å². The molecule has 0 atom stereocenters. The lowest BCUT2D eigenvalue weighted by molar-refractivity contribution is -0.115. The van der Waals surface area contributed by atoms with E-state index in [4.69, 9.17) is 0 Å². The Balaban J connectivity index is 2.42. The van der Waals surface area contributed by atoms with Gasteiger partial charge in [-0.05, 0) is 20.8 Å². The van der Waals surface area contributed by atoms with Crippen molar-refractivity contribution in [3.63, 3.8) is 0 Å². The molecule has 3 amide bonds. The zero-order valence-electron chi connectivity index (χ0n) is 8.60. The number of urea groups is 1.